The van der Waals surface area contributed by atoms with Crippen LogP contribution in [0.5, 0.6) is 0 Å². The van der Waals surface area contributed by atoms with Gasteiger partial charge in [0.05, 0.1) is 6.04 Å². The molecule has 1 atom stereocenters. The van der Waals surface area contributed by atoms with Crippen LogP contribution in [0.1, 0.15) is 22.7 Å². The maximum absolute atomic E-state index is 8.40. The van der Waals surface area contributed by atoms with E-state index >= 15 is 0 Å². The highest BCUT2D eigenvalue weighted by Gasteiger charge is 2.38. The van der Waals surface area contributed by atoms with Crippen molar-refractivity contribution in [2.75, 3.05) is 18.5 Å². The lowest BCUT2D eigenvalue weighted by Gasteiger charge is -2.25. The Morgan fingerprint density at radius 2 is 1.67 bits per heavy atom. The second-order valence-corrected chi connectivity index (χ2v) is 5.59. The predicted octanol–water partition coefficient (Wildman–Crippen LogP) is 3.60. The average Bonchev–Trinajstić information content (AvgIpc) is 2.68. The molecule has 2 aromatic carbocycles. The lowest BCUT2D eigenvalue weighted by molar-refractivity contribution is 0.518. The molecule has 0 bridgehead atoms. The Morgan fingerprint density at radius 3 is 2.48 bits per heavy atom. The second kappa shape index (κ2) is 5.19. The predicted molar refractivity (Wildman–Crippen MR) is 91.6 cm³/mol. The molecule has 4 heteroatoms. The minimum absolute atomic E-state index is 0. The average molecular weight is 344 g/mol. The Hall–Kier alpha value is -1.81. The summed E-state index contributed by atoms with van der Waals surface area (Å²) in [6.07, 6.45) is 0.955. The number of hydrogen-bond acceptors (Lipinski definition) is 1. The van der Waals surface area contributed by atoms with E-state index in [-0.39, 0.29) is 23.0 Å². The molecule has 2 aromatic rings. The van der Waals surface area contributed by atoms with Crippen molar-refractivity contribution in [2.24, 2.45) is 0 Å². The molecule has 2 heterocycles. The van der Waals surface area contributed by atoms with Crippen molar-refractivity contribution >= 4 is 28.6 Å². The number of likely N-dealkylation sites (N-methyl/N-ethyl adjacent to an activating group) is 1. The molecule has 2 aliphatic heterocycles. The van der Waals surface area contributed by atoms with Crippen LogP contribution in [-0.4, -0.2) is 24.5 Å². The van der Waals surface area contributed by atoms with Gasteiger partial charge in [0.25, 0.3) is 0 Å². The van der Waals surface area contributed by atoms with E-state index in [9.17, 15) is 0 Å². The van der Waals surface area contributed by atoms with Crippen LogP contribution in [0.3, 0.4) is 0 Å². The first-order chi connectivity index (χ1) is 9.75. The molecule has 4 rings (SSSR count). The summed E-state index contributed by atoms with van der Waals surface area (Å²) in [4.78, 5) is 4.21. The molecular weight excluding hydrogens is 326 g/mol. The van der Waals surface area contributed by atoms with E-state index in [0.29, 0.717) is 5.96 Å². The van der Waals surface area contributed by atoms with E-state index < -0.39 is 0 Å². The molecule has 0 aliphatic carbocycles. The number of halogens is 1. The molecule has 1 saturated heterocycles. The van der Waals surface area contributed by atoms with Crippen molar-refractivity contribution in [3.8, 4) is 0 Å². The fraction of sp³-hybridized carbons (Fsp3) is 0.235. The van der Waals surface area contributed by atoms with Crippen molar-refractivity contribution < 1.29 is 0 Å². The zero-order valence-corrected chi connectivity index (χ0v) is 13.6. The maximum atomic E-state index is 8.40. The minimum Gasteiger partial charge on any atom is -0.343 e. The Bertz CT molecular complexity index is 698. The molecule has 0 amide bonds. The van der Waals surface area contributed by atoms with E-state index in [1.165, 1.54) is 22.4 Å². The summed E-state index contributed by atoms with van der Waals surface area (Å²) in [5.41, 5.74) is 5.24. The molecule has 21 heavy (non-hydrogen) atoms. The molecule has 0 saturated carbocycles. The zero-order valence-electron chi connectivity index (χ0n) is 11.9. The fourth-order valence-corrected chi connectivity index (χ4v) is 3.40. The van der Waals surface area contributed by atoms with E-state index in [2.05, 4.69) is 53.4 Å². The standard InChI is InChI=1S/C17H17N3.BrH/c1-19-11-16-14-8-4-2-6-12(14)10-13-7-3-5-9-15(13)20(16)17(19)18;/h2-9,16,18H,10-11H2,1H3;1H. The fourth-order valence-electron chi connectivity index (χ4n) is 3.40. The third-order valence-corrected chi connectivity index (χ3v) is 4.39. The number of benzene rings is 2. The number of rotatable bonds is 0. The smallest absolute Gasteiger partial charge is 0.198 e. The van der Waals surface area contributed by atoms with Crippen LogP contribution in [0.25, 0.3) is 0 Å². The third-order valence-electron chi connectivity index (χ3n) is 4.39. The van der Waals surface area contributed by atoms with Gasteiger partial charge < -0.3 is 9.80 Å². The van der Waals surface area contributed by atoms with Gasteiger partial charge in [0, 0.05) is 19.3 Å². The van der Waals surface area contributed by atoms with E-state index in [1.807, 2.05) is 11.9 Å². The number of guanidine groups is 1. The van der Waals surface area contributed by atoms with Crippen LogP contribution < -0.4 is 4.90 Å². The Morgan fingerprint density at radius 1 is 1.00 bits per heavy atom. The SMILES string of the molecule is Br.CN1CC2c3ccccc3Cc3ccccc3N2C1=N. The van der Waals surface area contributed by atoms with Gasteiger partial charge >= 0.3 is 0 Å². The summed E-state index contributed by atoms with van der Waals surface area (Å²) in [5, 5.41) is 8.40. The van der Waals surface area contributed by atoms with Gasteiger partial charge in [-0.25, -0.2) is 0 Å². The van der Waals surface area contributed by atoms with Crippen LogP contribution in [0, 0.1) is 5.41 Å². The van der Waals surface area contributed by atoms with Gasteiger partial charge in [0.1, 0.15) is 0 Å². The molecule has 108 valence electrons. The summed E-state index contributed by atoms with van der Waals surface area (Å²) < 4.78 is 0. The van der Waals surface area contributed by atoms with Crippen molar-refractivity contribution in [1.29, 1.82) is 5.41 Å². The molecule has 3 nitrogen and oxygen atoms in total. The molecule has 1 unspecified atom stereocenters. The van der Waals surface area contributed by atoms with Crippen LogP contribution >= 0.6 is 17.0 Å². The molecule has 1 N–H and O–H groups in total. The first kappa shape index (κ1) is 14.1. The Kier molecular flexibility index (Phi) is 3.49. The van der Waals surface area contributed by atoms with Crippen LogP contribution in [0.15, 0.2) is 48.5 Å². The maximum Gasteiger partial charge on any atom is 0.198 e. The monoisotopic (exact) mass is 343 g/mol. The van der Waals surface area contributed by atoms with Gasteiger partial charge in [0.15, 0.2) is 5.96 Å². The van der Waals surface area contributed by atoms with Crippen LogP contribution in [-0.2, 0) is 6.42 Å². The molecule has 0 radical (unpaired) electrons. The molecule has 0 spiro atoms. The highest BCUT2D eigenvalue weighted by molar-refractivity contribution is 8.93. The van der Waals surface area contributed by atoms with Crippen molar-refractivity contribution in [3.63, 3.8) is 0 Å². The number of para-hydroxylation sites is 1. The number of nitrogens with one attached hydrogen (secondary N) is 1. The molecule has 1 fully saturated rings. The van der Waals surface area contributed by atoms with Gasteiger partial charge in [-0.2, -0.15) is 0 Å². The van der Waals surface area contributed by atoms with Crippen LogP contribution in [0.4, 0.5) is 5.69 Å². The zero-order chi connectivity index (χ0) is 13.7. The van der Waals surface area contributed by atoms with Gasteiger partial charge in [-0.05, 0) is 29.2 Å². The number of fused-ring (bicyclic) bond motifs is 5. The molecular formula is C17H18BrN3. The topological polar surface area (TPSA) is 30.3 Å². The Balaban J connectivity index is 0.00000132. The van der Waals surface area contributed by atoms with E-state index in [1.54, 1.807) is 0 Å². The summed E-state index contributed by atoms with van der Waals surface area (Å²) in [6.45, 7) is 0.879. The van der Waals surface area contributed by atoms with Crippen molar-refractivity contribution in [1.82, 2.24) is 4.90 Å². The van der Waals surface area contributed by atoms with Crippen LogP contribution in [0.2, 0.25) is 0 Å². The lowest BCUT2D eigenvalue weighted by Crippen LogP contribution is -2.31. The number of anilines is 1. The summed E-state index contributed by atoms with van der Waals surface area (Å²) >= 11 is 0. The van der Waals surface area contributed by atoms with Gasteiger partial charge in [-0.3, -0.25) is 5.41 Å². The lowest BCUT2D eigenvalue weighted by atomic mass is 9.97. The van der Waals surface area contributed by atoms with Crippen molar-refractivity contribution in [2.45, 2.75) is 12.5 Å². The second-order valence-electron chi connectivity index (χ2n) is 5.59. The summed E-state index contributed by atoms with van der Waals surface area (Å²) in [5.74, 6) is 0.596. The largest absolute Gasteiger partial charge is 0.343 e. The summed E-state index contributed by atoms with van der Waals surface area (Å²) in [6, 6.07) is 17.4. The minimum atomic E-state index is 0. The van der Waals surface area contributed by atoms with Crippen molar-refractivity contribution in [3.05, 3.63) is 65.2 Å². The van der Waals surface area contributed by atoms with Gasteiger partial charge in [0.2, 0.25) is 0 Å². The first-order valence-corrected chi connectivity index (χ1v) is 7.00. The third kappa shape index (κ3) is 2.05. The van der Waals surface area contributed by atoms with E-state index in [0.717, 1.165) is 13.0 Å². The number of nitrogens with zero attached hydrogens (tertiary/aromatic N) is 2. The van der Waals surface area contributed by atoms with Gasteiger partial charge in [-0.15, -0.1) is 17.0 Å². The van der Waals surface area contributed by atoms with E-state index in [4.69, 9.17) is 5.41 Å². The number of hydrogen-bond donors (Lipinski definition) is 1. The Labute approximate surface area is 135 Å². The highest BCUT2D eigenvalue weighted by Crippen LogP contribution is 2.40. The van der Waals surface area contributed by atoms with Gasteiger partial charge in [-0.1, -0.05) is 42.5 Å². The normalized spacial score (nSPS) is 19.3. The first-order valence-electron chi connectivity index (χ1n) is 7.00. The highest BCUT2D eigenvalue weighted by atomic mass is 79.9. The quantitative estimate of drug-likeness (QED) is 0.792. The molecule has 0 aromatic heterocycles. The molecule has 2 aliphatic rings. The summed E-state index contributed by atoms with van der Waals surface area (Å²) in [7, 11) is 2.00.